The molecule has 214 valence electrons. The smallest absolute Gasteiger partial charge is 0.370 e. The third-order valence-electron chi connectivity index (χ3n) is 6.35. The number of sulfonamides is 1. The van der Waals surface area contributed by atoms with Crippen molar-refractivity contribution in [3.05, 3.63) is 59.4 Å². The number of amides is 1. The Labute approximate surface area is 218 Å². The van der Waals surface area contributed by atoms with Crippen LogP contribution in [0.25, 0.3) is 0 Å². The normalized spacial score (nSPS) is 16.6. The highest BCUT2D eigenvalue weighted by atomic mass is 32.2. The Balaban J connectivity index is 2.10. The van der Waals surface area contributed by atoms with E-state index in [0.717, 1.165) is 28.6 Å². The van der Waals surface area contributed by atoms with Crippen molar-refractivity contribution in [1.82, 2.24) is 0 Å². The molecule has 39 heavy (non-hydrogen) atoms. The van der Waals surface area contributed by atoms with Crippen LogP contribution >= 0.6 is 0 Å². The Bertz CT molecular complexity index is 1330. The summed E-state index contributed by atoms with van der Waals surface area (Å²) in [5, 5.41) is 9.78. The highest BCUT2D eigenvalue weighted by Crippen LogP contribution is 2.51. The van der Waals surface area contributed by atoms with E-state index in [2.05, 4.69) is 0 Å². The van der Waals surface area contributed by atoms with Gasteiger partial charge in [-0.1, -0.05) is 12.1 Å². The molecule has 0 saturated carbocycles. The van der Waals surface area contributed by atoms with Crippen LogP contribution in [-0.2, 0) is 31.6 Å². The molecule has 2 aromatic carbocycles. The third kappa shape index (κ3) is 6.03. The van der Waals surface area contributed by atoms with E-state index in [-0.39, 0.29) is 49.8 Å². The highest BCUT2D eigenvalue weighted by Gasteiger charge is 2.71. The van der Waals surface area contributed by atoms with Gasteiger partial charge in [0.25, 0.3) is 15.6 Å². The van der Waals surface area contributed by atoms with Crippen LogP contribution in [0.4, 0.5) is 36.4 Å². The molecule has 1 heterocycles. The topological polar surface area (TPSA) is 118 Å². The number of ketones is 1. The first-order valence-corrected chi connectivity index (χ1v) is 12.9. The van der Waals surface area contributed by atoms with Gasteiger partial charge in [-0.15, -0.1) is 0 Å². The van der Waals surface area contributed by atoms with Crippen molar-refractivity contribution in [3.8, 4) is 0 Å². The molecule has 0 aromatic heterocycles. The average molecular weight is 585 g/mol. The fourth-order valence-electron chi connectivity index (χ4n) is 4.41. The first-order chi connectivity index (χ1) is 17.9. The lowest BCUT2D eigenvalue weighted by molar-refractivity contribution is -0.376. The molecule has 7 nitrogen and oxygen atoms in total. The van der Waals surface area contributed by atoms with Crippen LogP contribution < -0.4 is 10.0 Å². The monoisotopic (exact) mass is 584 g/mol. The van der Waals surface area contributed by atoms with Crippen molar-refractivity contribution < 1.29 is 53.8 Å². The zero-order valence-corrected chi connectivity index (χ0v) is 20.8. The summed E-state index contributed by atoms with van der Waals surface area (Å²) in [6.07, 6.45) is -13.2. The summed E-state index contributed by atoms with van der Waals surface area (Å²) in [5.74, 6) is -1.87. The largest absolute Gasteiger partial charge is 0.430 e. The number of nitrogens with two attached hydrogens (primary N) is 1. The molecular formula is C24H23F7N2O5S. The van der Waals surface area contributed by atoms with E-state index in [4.69, 9.17) is 5.73 Å². The number of rotatable bonds is 9. The summed E-state index contributed by atoms with van der Waals surface area (Å²) < 4.78 is 122. The van der Waals surface area contributed by atoms with Gasteiger partial charge in [-0.25, -0.2) is 12.8 Å². The minimum absolute atomic E-state index is 0.0962. The Hall–Kier alpha value is -3.20. The van der Waals surface area contributed by atoms with E-state index in [9.17, 15) is 53.8 Å². The molecule has 0 radical (unpaired) electrons. The van der Waals surface area contributed by atoms with Crippen molar-refractivity contribution in [2.24, 2.45) is 5.73 Å². The van der Waals surface area contributed by atoms with Crippen molar-refractivity contribution >= 4 is 27.4 Å². The van der Waals surface area contributed by atoms with Crippen LogP contribution in [0.5, 0.6) is 0 Å². The van der Waals surface area contributed by atoms with Crippen LogP contribution in [-0.4, -0.2) is 43.6 Å². The molecule has 1 aliphatic rings. The molecule has 0 fully saturated rings. The summed E-state index contributed by atoms with van der Waals surface area (Å²) in [7, 11) is -4.59. The third-order valence-corrected chi connectivity index (χ3v) is 8.23. The van der Waals surface area contributed by atoms with E-state index in [1.807, 2.05) is 0 Å². The molecule has 0 saturated heterocycles. The van der Waals surface area contributed by atoms with E-state index in [0.29, 0.717) is 18.2 Å². The maximum absolute atomic E-state index is 13.6. The molecule has 1 atom stereocenters. The number of primary amides is 1. The van der Waals surface area contributed by atoms with Gasteiger partial charge in [-0.2, -0.15) is 26.3 Å². The average Bonchev–Trinajstić information content (AvgIpc) is 2.81. The lowest BCUT2D eigenvalue weighted by atomic mass is 9.87. The van der Waals surface area contributed by atoms with E-state index in [1.165, 1.54) is 0 Å². The van der Waals surface area contributed by atoms with Gasteiger partial charge in [0.1, 0.15) is 11.6 Å². The van der Waals surface area contributed by atoms with E-state index < -0.39 is 62.0 Å². The fraction of sp³-hybridized carbons (Fsp3) is 0.417. The number of alkyl halides is 6. The van der Waals surface area contributed by atoms with Gasteiger partial charge < -0.3 is 10.8 Å². The van der Waals surface area contributed by atoms with Crippen LogP contribution in [0.15, 0.2) is 47.4 Å². The second-order valence-electron chi connectivity index (χ2n) is 9.06. The molecule has 1 aliphatic heterocycles. The number of benzene rings is 2. The lowest BCUT2D eigenvalue weighted by Gasteiger charge is -2.39. The molecule has 3 rings (SSSR count). The summed E-state index contributed by atoms with van der Waals surface area (Å²) >= 11 is 0. The SMILES string of the molecule is NC(=O)CCCC(=O)C[C@@H]1CCc2cc(C(O)(C(F)(F)F)C(F)(F)F)ccc2N1S(=O)(=O)c1ccc(F)cc1. The van der Waals surface area contributed by atoms with E-state index in [1.54, 1.807) is 0 Å². The number of carbonyl (C=O) groups is 2. The van der Waals surface area contributed by atoms with E-state index >= 15 is 0 Å². The Kier molecular flexibility index (Phi) is 8.37. The molecule has 0 unspecified atom stereocenters. The fourth-order valence-corrected chi connectivity index (χ4v) is 6.12. The number of aryl methyl sites for hydroxylation is 1. The second kappa shape index (κ2) is 10.8. The molecular weight excluding hydrogens is 561 g/mol. The standard InChI is InChI=1S/C24H23F7N2O5S/c25-16-6-9-19(10-7-16)39(37,38)33-17(13-18(34)2-1-3-21(32)35)8-4-14-12-15(5-11-20(14)33)22(36,23(26,27)28)24(29,30)31/h5-7,9-12,17,36H,1-4,8,13H2,(H2,32,35)/t17-/m0/s1. The number of halogens is 7. The molecule has 0 spiro atoms. The van der Waals surface area contributed by atoms with Gasteiger partial charge in [0.05, 0.1) is 16.6 Å². The van der Waals surface area contributed by atoms with Crippen LogP contribution in [0.2, 0.25) is 0 Å². The minimum Gasteiger partial charge on any atom is -0.370 e. The second-order valence-corrected chi connectivity index (χ2v) is 10.9. The predicted octanol–water partition coefficient (Wildman–Crippen LogP) is 4.26. The molecule has 1 amide bonds. The van der Waals surface area contributed by atoms with Gasteiger partial charge in [0.15, 0.2) is 0 Å². The van der Waals surface area contributed by atoms with Gasteiger partial charge in [-0.3, -0.25) is 13.9 Å². The number of aliphatic hydroxyl groups is 1. The van der Waals surface area contributed by atoms with Crippen molar-refractivity contribution in [2.75, 3.05) is 4.31 Å². The first kappa shape index (κ1) is 30.3. The highest BCUT2D eigenvalue weighted by molar-refractivity contribution is 7.92. The number of hydrogen-bond donors (Lipinski definition) is 2. The zero-order valence-electron chi connectivity index (χ0n) is 20.0. The number of carbonyl (C=O) groups excluding carboxylic acids is 2. The number of fused-ring (bicyclic) bond motifs is 1. The number of nitrogens with zero attached hydrogens (tertiary/aromatic N) is 1. The summed E-state index contributed by atoms with van der Waals surface area (Å²) in [6.45, 7) is 0. The molecule has 15 heteroatoms. The van der Waals surface area contributed by atoms with Gasteiger partial charge >= 0.3 is 12.4 Å². The number of Topliss-reactive ketones (excluding diaryl/α,β-unsaturated/α-hetero) is 1. The van der Waals surface area contributed by atoms with Crippen molar-refractivity contribution in [1.29, 1.82) is 0 Å². The van der Waals surface area contributed by atoms with Gasteiger partial charge in [0, 0.05) is 24.8 Å². The Morgan fingerprint density at radius 3 is 2.10 bits per heavy atom. The Morgan fingerprint density at radius 1 is 0.974 bits per heavy atom. The van der Waals surface area contributed by atoms with Crippen molar-refractivity contribution in [3.63, 3.8) is 0 Å². The number of anilines is 1. The quantitative estimate of drug-likeness (QED) is 0.427. The van der Waals surface area contributed by atoms with Crippen LogP contribution in [0.3, 0.4) is 0 Å². The maximum atomic E-state index is 13.6. The van der Waals surface area contributed by atoms with Gasteiger partial charge in [-0.05, 0) is 55.2 Å². The van der Waals surface area contributed by atoms with Crippen LogP contribution in [0, 0.1) is 5.82 Å². The first-order valence-electron chi connectivity index (χ1n) is 11.5. The molecule has 0 aliphatic carbocycles. The summed E-state index contributed by atoms with van der Waals surface area (Å²) in [4.78, 5) is 23.1. The Morgan fingerprint density at radius 2 is 1.56 bits per heavy atom. The van der Waals surface area contributed by atoms with Crippen LogP contribution in [0.1, 0.15) is 43.2 Å². The minimum atomic E-state index is -6.14. The molecule has 3 N–H and O–H groups in total. The predicted molar refractivity (Wildman–Crippen MR) is 123 cm³/mol. The van der Waals surface area contributed by atoms with Crippen molar-refractivity contribution in [2.45, 2.75) is 67.4 Å². The van der Waals surface area contributed by atoms with Gasteiger partial charge in [0.2, 0.25) is 5.91 Å². The lowest BCUT2D eigenvalue weighted by Crippen LogP contribution is -2.54. The molecule has 0 bridgehead atoms. The maximum Gasteiger partial charge on any atom is 0.430 e. The summed E-state index contributed by atoms with van der Waals surface area (Å²) in [6, 6.07) is 3.91. The number of hydrogen-bond acceptors (Lipinski definition) is 5. The summed E-state index contributed by atoms with van der Waals surface area (Å²) in [5.41, 5.74) is -2.27. The molecule has 2 aromatic rings. The zero-order chi connectivity index (χ0) is 29.4.